The number of nitrogens with one attached hydrogen (secondary N) is 2. The Morgan fingerprint density at radius 1 is 1.54 bits per heavy atom. The van der Waals surface area contributed by atoms with E-state index in [9.17, 15) is 0 Å². The van der Waals surface area contributed by atoms with Crippen molar-refractivity contribution in [2.45, 2.75) is 27.2 Å². The highest BCUT2D eigenvalue weighted by Crippen LogP contribution is 2.02. The molecule has 0 aliphatic heterocycles. The molecule has 13 heavy (non-hydrogen) atoms. The van der Waals surface area contributed by atoms with Gasteiger partial charge in [-0.1, -0.05) is 26.8 Å². The maximum absolute atomic E-state index is 7.01. The molecule has 0 fully saturated rings. The molecule has 0 saturated heterocycles. The van der Waals surface area contributed by atoms with Gasteiger partial charge in [-0.2, -0.15) is 0 Å². The number of allylic oxidation sites excluding steroid dienone is 1. The van der Waals surface area contributed by atoms with Crippen LogP contribution in [0.4, 0.5) is 0 Å². The zero-order valence-electron chi connectivity index (χ0n) is 8.46. The van der Waals surface area contributed by atoms with Gasteiger partial charge in [-0.25, -0.2) is 4.98 Å². The Morgan fingerprint density at radius 2 is 2.23 bits per heavy atom. The van der Waals surface area contributed by atoms with Crippen molar-refractivity contribution in [2.24, 2.45) is 0 Å². The van der Waals surface area contributed by atoms with Crippen LogP contribution < -0.4 is 0 Å². The zero-order valence-corrected chi connectivity index (χ0v) is 8.46. The van der Waals surface area contributed by atoms with E-state index in [-0.39, 0.29) is 0 Å². The smallest absolute Gasteiger partial charge is 0.0932 e. The fourth-order valence-electron chi connectivity index (χ4n) is 0.793. The Balaban J connectivity index is 0.000000671. The highest BCUT2D eigenvalue weighted by atomic mass is 14.9. The summed E-state index contributed by atoms with van der Waals surface area (Å²) in [6.45, 7) is 6.06. The zero-order chi connectivity index (χ0) is 10.1. The van der Waals surface area contributed by atoms with E-state index in [1.807, 2.05) is 26.0 Å². The number of rotatable bonds is 3. The molecule has 1 rings (SSSR count). The standard InChI is InChI=1S/C8H11N3.C2H6/c1-2-3-4-7-8(5-9)11-6-10-7;1-2/h3-6,9H,2H2,1H3,(H,10,11);1-2H3/b4-3-,9-5?;. The van der Waals surface area contributed by atoms with E-state index in [0.717, 1.165) is 17.8 Å². The molecule has 0 bridgehead atoms. The lowest BCUT2D eigenvalue weighted by Crippen LogP contribution is -1.82. The van der Waals surface area contributed by atoms with Crippen LogP contribution in [0.15, 0.2) is 12.4 Å². The molecule has 0 aliphatic carbocycles. The minimum Gasteiger partial charge on any atom is -0.343 e. The lowest BCUT2D eigenvalue weighted by atomic mass is 10.3. The Hall–Kier alpha value is -1.38. The van der Waals surface area contributed by atoms with Crippen LogP contribution in [0.2, 0.25) is 0 Å². The van der Waals surface area contributed by atoms with Crippen molar-refractivity contribution in [3.63, 3.8) is 0 Å². The molecule has 0 amide bonds. The van der Waals surface area contributed by atoms with Crippen LogP contribution in [0, 0.1) is 5.41 Å². The second kappa shape index (κ2) is 7.28. The number of nitrogens with zero attached hydrogens (tertiary/aromatic N) is 1. The number of aromatic amines is 1. The van der Waals surface area contributed by atoms with E-state index in [2.05, 4.69) is 16.9 Å². The first kappa shape index (κ1) is 11.6. The summed E-state index contributed by atoms with van der Waals surface area (Å²) in [5, 5.41) is 7.01. The first-order valence-corrected chi connectivity index (χ1v) is 4.59. The van der Waals surface area contributed by atoms with Crippen LogP contribution in [-0.2, 0) is 0 Å². The third-order valence-corrected chi connectivity index (χ3v) is 1.36. The summed E-state index contributed by atoms with van der Waals surface area (Å²) in [7, 11) is 0. The van der Waals surface area contributed by atoms with Gasteiger partial charge in [-0.05, 0) is 12.5 Å². The summed E-state index contributed by atoms with van der Waals surface area (Å²) >= 11 is 0. The second-order valence-corrected chi connectivity index (χ2v) is 2.16. The summed E-state index contributed by atoms with van der Waals surface area (Å²) in [5.74, 6) is 0. The van der Waals surface area contributed by atoms with Crippen molar-refractivity contribution >= 4 is 12.3 Å². The Bertz CT molecular complexity index is 261. The topological polar surface area (TPSA) is 52.5 Å². The molecular formula is C10H17N3. The largest absolute Gasteiger partial charge is 0.343 e. The Kier molecular flexibility index (Phi) is 6.51. The van der Waals surface area contributed by atoms with Gasteiger partial charge >= 0.3 is 0 Å². The monoisotopic (exact) mass is 179 g/mol. The summed E-state index contributed by atoms with van der Waals surface area (Å²) in [4.78, 5) is 6.89. The van der Waals surface area contributed by atoms with Crippen LogP contribution in [0.1, 0.15) is 38.6 Å². The van der Waals surface area contributed by atoms with Gasteiger partial charge in [-0.15, -0.1) is 0 Å². The van der Waals surface area contributed by atoms with Crippen molar-refractivity contribution in [1.29, 1.82) is 5.41 Å². The van der Waals surface area contributed by atoms with E-state index in [4.69, 9.17) is 5.41 Å². The van der Waals surface area contributed by atoms with E-state index < -0.39 is 0 Å². The number of H-pyrrole nitrogens is 1. The average molecular weight is 179 g/mol. The normalized spacial score (nSPS) is 9.46. The number of imidazole rings is 1. The lowest BCUT2D eigenvalue weighted by Gasteiger charge is -1.86. The summed E-state index contributed by atoms with van der Waals surface area (Å²) < 4.78 is 0. The minimum atomic E-state index is 0.759. The predicted octanol–water partition coefficient (Wildman–Crippen LogP) is 2.86. The van der Waals surface area contributed by atoms with Gasteiger partial charge in [0.2, 0.25) is 0 Å². The number of aromatic nitrogens is 2. The molecule has 2 N–H and O–H groups in total. The fourth-order valence-corrected chi connectivity index (χ4v) is 0.793. The van der Waals surface area contributed by atoms with Crippen molar-refractivity contribution in [1.82, 2.24) is 9.97 Å². The molecule has 0 radical (unpaired) electrons. The van der Waals surface area contributed by atoms with Crippen LogP contribution >= 0.6 is 0 Å². The summed E-state index contributed by atoms with van der Waals surface area (Å²) in [5.41, 5.74) is 1.59. The highest BCUT2D eigenvalue weighted by molar-refractivity contribution is 5.79. The predicted molar refractivity (Wildman–Crippen MR) is 57.1 cm³/mol. The maximum atomic E-state index is 7.01. The van der Waals surface area contributed by atoms with Crippen LogP contribution in [0.3, 0.4) is 0 Å². The molecule has 3 nitrogen and oxygen atoms in total. The van der Waals surface area contributed by atoms with Gasteiger partial charge in [0.15, 0.2) is 0 Å². The molecule has 0 saturated carbocycles. The second-order valence-electron chi connectivity index (χ2n) is 2.16. The molecule has 1 aromatic rings. The molecule has 1 aromatic heterocycles. The van der Waals surface area contributed by atoms with Crippen molar-refractivity contribution in [3.8, 4) is 0 Å². The van der Waals surface area contributed by atoms with Crippen molar-refractivity contribution in [2.75, 3.05) is 0 Å². The average Bonchev–Trinajstić information content (AvgIpc) is 2.65. The first-order valence-electron chi connectivity index (χ1n) is 4.59. The van der Waals surface area contributed by atoms with Crippen molar-refractivity contribution in [3.05, 3.63) is 23.8 Å². The van der Waals surface area contributed by atoms with Crippen molar-refractivity contribution < 1.29 is 0 Å². The molecule has 3 heteroatoms. The number of hydrogen-bond acceptors (Lipinski definition) is 2. The van der Waals surface area contributed by atoms with Gasteiger partial charge in [0.05, 0.1) is 17.7 Å². The fraction of sp³-hybridized carbons (Fsp3) is 0.400. The quantitative estimate of drug-likeness (QED) is 0.689. The SMILES string of the molecule is CC.CC/C=C\c1nc[nH]c1C=N. The van der Waals surface area contributed by atoms with E-state index >= 15 is 0 Å². The molecule has 72 valence electrons. The molecular weight excluding hydrogens is 162 g/mol. The minimum absolute atomic E-state index is 0.759. The molecule has 1 heterocycles. The highest BCUT2D eigenvalue weighted by Gasteiger charge is 1.95. The van der Waals surface area contributed by atoms with Gasteiger partial charge in [-0.3, -0.25) is 0 Å². The van der Waals surface area contributed by atoms with Gasteiger partial charge in [0.1, 0.15) is 0 Å². The van der Waals surface area contributed by atoms with Gasteiger partial charge < -0.3 is 10.4 Å². The van der Waals surface area contributed by atoms with E-state index in [0.29, 0.717) is 0 Å². The summed E-state index contributed by atoms with van der Waals surface area (Å²) in [6, 6.07) is 0. The van der Waals surface area contributed by atoms with Crippen LogP contribution in [0.5, 0.6) is 0 Å². The van der Waals surface area contributed by atoms with Crippen LogP contribution in [-0.4, -0.2) is 16.2 Å². The molecule has 0 unspecified atom stereocenters. The first-order chi connectivity index (χ1) is 6.38. The molecule has 0 spiro atoms. The van der Waals surface area contributed by atoms with Crippen LogP contribution in [0.25, 0.3) is 6.08 Å². The maximum Gasteiger partial charge on any atom is 0.0932 e. The molecule has 0 atom stereocenters. The van der Waals surface area contributed by atoms with E-state index in [1.54, 1.807) is 6.33 Å². The Labute approximate surface area is 79.4 Å². The lowest BCUT2D eigenvalue weighted by molar-refractivity contribution is 1.23. The van der Waals surface area contributed by atoms with Gasteiger partial charge in [0, 0.05) is 6.21 Å². The summed E-state index contributed by atoms with van der Waals surface area (Å²) in [6.07, 6.45) is 7.78. The molecule has 0 aliphatic rings. The van der Waals surface area contributed by atoms with Gasteiger partial charge in [0.25, 0.3) is 0 Å². The molecule has 0 aromatic carbocycles. The third kappa shape index (κ3) is 3.69. The Morgan fingerprint density at radius 3 is 2.77 bits per heavy atom. The number of hydrogen-bond donors (Lipinski definition) is 2. The third-order valence-electron chi connectivity index (χ3n) is 1.36. The van der Waals surface area contributed by atoms with E-state index in [1.165, 1.54) is 6.21 Å².